The molecular formula is C21H36O13. The third-order valence-corrected chi connectivity index (χ3v) is 7.84. The summed E-state index contributed by atoms with van der Waals surface area (Å²) in [7, 11) is 0. The fraction of sp³-hybridized carbons (Fsp3) is 1.00. The van der Waals surface area contributed by atoms with Gasteiger partial charge >= 0.3 is 0 Å². The van der Waals surface area contributed by atoms with E-state index in [0.717, 1.165) is 0 Å². The van der Waals surface area contributed by atoms with Gasteiger partial charge in [0, 0.05) is 12.3 Å². The maximum absolute atomic E-state index is 10.5. The zero-order valence-electron chi connectivity index (χ0n) is 18.5. The van der Waals surface area contributed by atoms with Crippen molar-refractivity contribution in [2.45, 2.75) is 111 Å². The fourth-order valence-corrected chi connectivity index (χ4v) is 5.81. The average molecular weight is 497 g/mol. The summed E-state index contributed by atoms with van der Waals surface area (Å²) in [6.45, 7) is -0.651. The Hall–Kier alpha value is -0.520. The van der Waals surface area contributed by atoms with Crippen LogP contribution in [0.1, 0.15) is 25.7 Å². The highest BCUT2D eigenvalue weighted by molar-refractivity contribution is 5.02. The lowest BCUT2D eigenvalue weighted by atomic mass is 9.71. The van der Waals surface area contributed by atoms with E-state index in [1.807, 2.05) is 0 Å². The molecule has 0 aromatic rings. The molecule has 4 rings (SSSR count). The van der Waals surface area contributed by atoms with E-state index in [1.54, 1.807) is 0 Å². The van der Waals surface area contributed by atoms with Gasteiger partial charge in [-0.1, -0.05) is 0 Å². The molecule has 0 aromatic carbocycles. The van der Waals surface area contributed by atoms with Crippen molar-refractivity contribution < 1.29 is 65.3 Å². The summed E-state index contributed by atoms with van der Waals surface area (Å²) >= 11 is 0. The van der Waals surface area contributed by atoms with Crippen LogP contribution in [0.15, 0.2) is 0 Å². The summed E-state index contributed by atoms with van der Waals surface area (Å²) in [6.07, 6.45) is -17.6. The van der Waals surface area contributed by atoms with Crippen molar-refractivity contribution in [1.29, 1.82) is 0 Å². The molecule has 14 atom stereocenters. The molecule has 4 aliphatic rings. The highest BCUT2D eigenvalue weighted by atomic mass is 16.7. The van der Waals surface area contributed by atoms with E-state index in [2.05, 4.69) is 0 Å². The number of hydrogen-bond donors (Lipinski definition) is 10. The van der Waals surface area contributed by atoms with Gasteiger partial charge in [-0.05, 0) is 25.2 Å². The van der Waals surface area contributed by atoms with Gasteiger partial charge in [0.05, 0.1) is 49.3 Å². The van der Waals surface area contributed by atoms with Gasteiger partial charge < -0.3 is 65.3 Å². The molecule has 2 saturated carbocycles. The molecule has 9 unspecified atom stereocenters. The number of hydrogen-bond acceptors (Lipinski definition) is 13. The topological polar surface area (TPSA) is 230 Å². The van der Waals surface area contributed by atoms with Gasteiger partial charge in [0.1, 0.15) is 36.6 Å². The van der Waals surface area contributed by atoms with Crippen LogP contribution in [-0.4, -0.2) is 143 Å². The first kappa shape index (κ1) is 26.5. The highest BCUT2D eigenvalue weighted by Gasteiger charge is 2.54. The molecule has 0 spiro atoms. The third kappa shape index (κ3) is 4.87. The van der Waals surface area contributed by atoms with Crippen molar-refractivity contribution in [3.05, 3.63) is 0 Å². The van der Waals surface area contributed by atoms with E-state index in [9.17, 15) is 51.1 Å². The molecular weight excluding hydrogens is 460 g/mol. The molecule has 2 saturated heterocycles. The van der Waals surface area contributed by atoms with Gasteiger partial charge in [-0.3, -0.25) is 0 Å². The Bertz CT molecular complexity index is 669. The van der Waals surface area contributed by atoms with E-state index in [-0.39, 0.29) is 25.7 Å². The second-order valence-electron chi connectivity index (χ2n) is 10.1. The molecule has 13 nitrogen and oxygen atoms in total. The van der Waals surface area contributed by atoms with Crippen LogP contribution in [0, 0.1) is 11.8 Å². The second kappa shape index (κ2) is 10.5. The number of fused-ring (bicyclic) bond motifs is 1. The van der Waals surface area contributed by atoms with Crippen molar-refractivity contribution in [3.63, 3.8) is 0 Å². The van der Waals surface area contributed by atoms with Gasteiger partial charge in [0.2, 0.25) is 0 Å². The Kier molecular flexibility index (Phi) is 8.16. The molecule has 2 aliphatic heterocycles. The van der Waals surface area contributed by atoms with Gasteiger partial charge in [-0.25, -0.2) is 0 Å². The molecule has 0 amide bonds. The van der Waals surface area contributed by atoms with E-state index < -0.39 is 104 Å². The summed E-state index contributed by atoms with van der Waals surface area (Å²) in [5, 5.41) is 101. The lowest BCUT2D eigenvalue weighted by Crippen LogP contribution is -2.64. The van der Waals surface area contributed by atoms with E-state index in [4.69, 9.17) is 14.2 Å². The summed E-state index contributed by atoms with van der Waals surface area (Å²) in [6, 6.07) is 0. The number of rotatable bonds is 4. The third-order valence-electron chi connectivity index (χ3n) is 7.84. The van der Waals surface area contributed by atoms with Crippen molar-refractivity contribution >= 4 is 0 Å². The van der Waals surface area contributed by atoms with Crippen LogP contribution in [0.25, 0.3) is 0 Å². The molecule has 10 N–H and O–H groups in total. The van der Waals surface area contributed by atoms with Crippen LogP contribution in [-0.2, 0) is 14.2 Å². The zero-order chi connectivity index (χ0) is 24.9. The standard InChI is InChI=1S/C21H36O13/c22-5-13-17(29)18(30)19(31)21(34-13)33-12-3-7-11(4-10(25)16(28)14(7)26)32-20(12)6-1-8(23)15(27)9(24)2-6/h6-31H,1-5H2/t6?,7?,8?,9?,10?,11?,12?,13-,14?,15?,16?,17-,18+,19-,20?,21-/m1/s1. The normalized spacial score (nSPS) is 56.6. The van der Waals surface area contributed by atoms with Crippen molar-refractivity contribution in [3.8, 4) is 0 Å². The zero-order valence-corrected chi connectivity index (χ0v) is 18.5. The second-order valence-corrected chi connectivity index (χ2v) is 10.1. The Balaban J connectivity index is 1.57. The summed E-state index contributed by atoms with van der Waals surface area (Å²) in [5.74, 6) is -1.18. The maximum Gasteiger partial charge on any atom is 0.187 e. The molecule has 4 fully saturated rings. The molecule has 34 heavy (non-hydrogen) atoms. The maximum atomic E-state index is 10.5. The van der Waals surface area contributed by atoms with Crippen molar-refractivity contribution in [2.75, 3.05) is 6.61 Å². The molecule has 0 aromatic heterocycles. The Morgan fingerprint density at radius 3 is 1.85 bits per heavy atom. The van der Waals surface area contributed by atoms with Crippen LogP contribution in [0.3, 0.4) is 0 Å². The van der Waals surface area contributed by atoms with E-state index in [1.165, 1.54) is 0 Å². The van der Waals surface area contributed by atoms with E-state index in [0.29, 0.717) is 0 Å². The highest BCUT2D eigenvalue weighted by Crippen LogP contribution is 2.43. The molecule has 2 aliphatic carbocycles. The van der Waals surface area contributed by atoms with Crippen molar-refractivity contribution in [1.82, 2.24) is 0 Å². The van der Waals surface area contributed by atoms with Crippen LogP contribution >= 0.6 is 0 Å². The van der Waals surface area contributed by atoms with Crippen LogP contribution in [0.4, 0.5) is 0 Å². The largest absolute Gasteiger partial charge is 0.394 e. The predicted octanol–water partition coefficient (Wildman–Crippen LogP) is -5.08. The monoisotopic (exact) mass is 496 g/mol. The lowest BCUT2D eigenvalue weighted by Gasteiger charge is -2.52. The van der Waals surface area contributed by atoms with Crippen LogP contribution in [0.5, 0.6) is 0 Å². The number of aliphatic hydroxyl groups is 10. The van der Waals surface area contributed by atoms with Gasteiger partial charge in [0.15, 0.2) is 6.29 Å². The SMILES string of the molecule is OC[C@H]1O[C@@H](OC2CC3C(CC(O)C(O)C3O)OC2C2CC(O)C(O)C(O)C2)[C@H](O)[C@@H](O)[C@@H]1O. The van der Waals surface area contributed by atoms with Crippen LogP contribution in [0.2, 0.25) is 0 Å². The molecule has 0 radical (unpaired) electrons. The summed E-state index contributed by atoms with van der Waals surface area (Å²) in [4.78, 5) is 0. The van der Waals surface area contributed by atoms with Gasteiger partial charge in [-0.15, -0.1) is 0 Å². The summed E-state index contributed by atoms with van der Waals surface area (Å²) < 4.78 is 17.6. The molecule has 13 heteroatoms. The van der Waals surface area contributed by atoms with Crippen LogP contribution < -0.4 is 0 Å². The first-order valence-corrected chi connectivity index (χ1v) is 11.7. The molecule has 0 bridgehead atoms. The summed E-state index contributed by atoms with van der Waals surface area (Å²) in [5.41, 5.74) is 0. The van der Waals surface area contributed by atoms with Gasteiger partial charge in [-0.2, -0.15) is 0 Å². The first-order chi connectivity index (χ1) is 16.0. The predicted molar refractivity (Wildman–Crippen MR) is 109 cm³/mol. The molecule has 2 heterocycles. The quantitative estimate of drug-likeness (QED) is 0.176. The van der Waals surface area contributed by atoms with Crippen molar-refractivity contribution in [2.24, 2.45) is 11.8 Å². The van der Waals surface area contributed by atoms with E-state index >= 15 is 0 Å². The molecule has 198 valence electrons. The average Bonchev–Trinajstić information content (AvgIpc) is 2.81. The minimum Gasteiger partial charge on any atom is -0.394 e. The minimum atomic E-state index is -1.68. The smallest absolute Gasteiger partial charge is 0.187 e. The first-order valence-electron chi connectivity index (χ1n) is 11.7. The Labute approximate surface area is 195 Å². The number of ether oxygens (including phenoxy) is 3. The Morgan fingerprint density at radius 1 is 0.618 bits per heavy atom. The minimum absolute atomic E-state index is 0.0343. The lowest BCUT2D eigenvalue weighted by molar-refractivity contribution is -0.335. The van der Waals surface area contributed by atoms with Gasteiger partial charge in [0.25, 0.3) is 0 Å². The number of aliphatic hydroxyl groups excluding tert-OH is 10. The Morgan fingerprint density at radius 2 is 1.24 bits per heavy atom. The fourth-order valence-electron chi connectivity index (χ4n) is 5.81.